The number of para-hydroxylation sites is 1. The predicted molar refractivity (Wildman–Crippen MR) is 147 cm³/mol. The van der Waals surface area contributed by atoms with Crippen LogP contribution in [-0.2, 0) is 13.1 Å². The standard InChI is InChI=1S/C30H35N5O2/c1-21(33(2)3)31-32-29(36)28-18-17-26-20-35(27-12-8-7-11-25(27)19-34(26)28)30(37)24-15-13-23(14-16-24)22-9-5-4-6-10-22/h7-8,11-18,22H,4-6,9-10,19-20H2,1-3H3,(H,32,36). The van der Waals surface area contributed by atoms with Crippen LogP contribution in [0.25, 0.3) is 0 Å². The molecule has 0 radical (unpaired) electrons. The normalized spacial score (nSPS) is 16.0. The molecule has 1 aliphatic carbocycles. The van der Waals surface area contributed by atoms with Gasteiger partial charge in [0.1, 0.15) is 11.5 Å². The van der Waals surface area contributed by atoms with E-state index >= 15 is 0 Å². The first kappa shape index (κ1) is 24.8. The first-order valence-electron chi connectivity index (χ1n) is 13.1. The van der Waals surface area contributed by atoms with Crippen molar-refractivity contribution in [1.82, 2.24) is 14.9 Å². The van der Waals surface area contributed by atoms with Gasteiger partial charge in [0.25, 0.3) is 11.8 Å². The summed E-state index contributed by atoms with van der Waals surface area (Å²) in [5, 5.41) is 4.18. The number of amidine groups is 1. The summed E-state index contributed by atoms with van der Waals surface area (Å²) >= 11 is 0. The van der Waals surface area contributed by atoms with E-state index in [1.54, 1.807) is 6.07 Å². The van der Waals surface area contributed by atoms with E-state index in [9.17, 15) is 9.59 Å². The van der Waals surface area contributed by atoms with E-state index < -0.39 is 0 Å². The quantitative estimate of drug-likeness (QED) is 0.299. The second kappa shape index (κ2) is 10.6. The Hall–Kier alpha value is -3.87. The molecule has 37 heavy (non-hydrogen) atoms. The zero-order valence-corrected chi connectivity index (χ0v) is 21.9. The van der Waals surface area contributed by atoms with Crippen molar-refractivity contribution < 1.29 is 9.59 Å². The van der Waals surface area contributed by atoms with E-state index in [0.29, 0.717) is 36.1 Å². The minimum absolute atomic E-state index is 0.0329. The predicted octanol–water partition coefficient (Wildman–Crippen LogP) is 5.37. The number of rotatable bonds is 4. The molecule has 7 heteroatoms. The maximum absolute atomic E-state index is 13.8. The minimum Gasteiger partial charge on any atom is -0.365 e. The molecular weight excluding hydrogens is 462 g/mol. The van der Waals surface area contributed by atoms with E-state index in [-0.39, 0.29) is 11.8 Å². The van der Waals surface area contributed by atoms with Crippen LogP contribution in [0.5, 0.6) is 0 Å². The van der Waals surface area contributed by atoms with Gasteiger partial charge in [0.15, 0.2) is 0 Å². The summed E-state index contributed by atoms with van der Waals surface area (Å²) in [4.78, 5) is 30.5. The monoisotopic (exact) mass is 497 g/mol. The lowest BCUT2D eigenvalue weighted by Crippen LogP contribution is -2.30. The Kier molecular flexibility index (Phi) is 7.12. The lowest BCUT2D eigenvalue weighted by atomic mass is 9.84. The van der Waals surface area contributed by atoms with Crippen molar-refractivity contribution in [2.75, 3.05) is 19.0 Å². The molecular formula is C30H35N5O2. The van der Waals surface area contributed by atoms with E-state index in [2.05, 4.69) is 22.7 Å². The van der Waals surface area contributed by atoms with Crippen molar-refractivity contribution >= 4 is 23.3 Å². The molecule has 0 spiro atoms. The molecule has 1 fully saturated rings. The fraction of sp³-hybridized carbons (Fsp3) is 0.367. The van der Waals surface area contributed by atoms with Crippen LogP contribution in [0.15, 0.2) is 65.8 Å². The van der Waals surface area contributed by atoms with Crippen LogP contribution in [0, 0.1) is 0 Å². The summed E-state index contributed by atoms with van der Waals surface area (Å²) in [6, 6.07) is 19.9. The van der Waals surface area contributed by atoms with Crippen LogP contribution in [0.3, 0.4) is 0 Å². The largest absolute Gasteiger partial charge is 0.365 e. The topological polar surface area (TPSA) is 69.9 Å². The van der Waals surface area contributed by atoms with Gasteiger partial charge < -0.3 is 14.4 Å². The van der Waals surface area contributed by atoms with Crippen molar-refractivity contribution in [3.63, 3.8) is 0 Å². The lowest BCUT2D eigenvalue weighted by molar-refractivity contribution is 0.0944. The average molecular weight is 498 g/mol. The summed E-state index contributed by atoms with van der Waals surface area (Å²) in [6.07, 6.45) is 6.38. The summed E-state index contributed by atoms with van der Waals surface area (Å²) in [6.45, 7) is 2.72. The molecule has 2 heterocycles. The smallest absolute Gasteiger partial charge is 0.288 e. The Morgan fingerprint density at radius 3 is 2.38 bits per heavy atom. The van der Waals surface area contributed by atoms with Crippen LogP contribution in [0.2, 0.25) is 0 Å². The van der Waals surface area contributed by atoms with Crippen molar-refractivity contribution in [1.29, 1.82) is 0 Å². The molecule has 0 bridgehead atoms. The van der Waals surface area contributed by atoms with Crippen molar-refractivity contribution in [3.8, 4) is 0 Å². The fourth-order valence-corrected chi connectivity index (χ4v) is 5.32. The molecule has 5 rings (SSSR count). The van der Waals surface area contributed by atoms with Gasteiger partial charge >= 0.3 is 0 Å². The maximum Gasteiger partial charge on any atom is 0.288 e. The number of hydrazone groups is 1. The number of benzene rings is 2. The Balaban J connectivity index is 1.42. The highest BCUT2D eigenvalue weighted by molar-refractivity contribution is 6.06. The van der Waals surface area contributed by atoms with Gasteiger partial charge in [-0.1, -0.05) is 49.6 Å². The summed E-state index contributed by atoms with van der Waals surface area (Å²) in [5.41, 5.74) is 7.97. The number of fused-ring (bicyclic) bond motifs is 2. The fourth-order valence-electron chi connectivity index (χ4n) is 5.32. The molecule has 192 valence electrons. The third kappa shape index (κ3) is 5.17. The van der Waals surface area contributed by atoms with Gasteiger partial charge in [-0.25, -0.2) is 5.43 Å². The van der Waals surface area contributed by atoms with Crippen molar-refractivity contribution in [2.45, 2.75) is 58.0 Å². The number of amides is 2. The molecule has 1 saturated carbocycles. The number of aromatic nitrogens is 1. The summed E-state index contributed by atoms with van der Waals surface area (Å²) in [5.74, 6) is 1.00. The van der Waals surface area contributed by atoms with Gasteiger partial charge in [-0.15, -0.1) is 0 Å². The zero-order chi connectivity index (χ0) is 25.9. The molecule has 3 aromatic rings. The highest BCUT2D eigenvalue weighted by Crippen LogP contribution is 2.34. The van der Waals surface area contributed by atoms with Crippen LogP contribution < -0.4 is 10.3 Å². The molecule has 2 amide bonds. The Morgan fingerprint density at radius 2 is 1.65 bits per heavy atom. The van der Waals surface area contributed by atoms with Gasteiger partial charge in [-0.2, -0.15) is 5.10 Å². The molecule has 2 aliphatic rings. The van der Waals surface area contributed by atoms with Gasteiger partial charge in [0.2, 0.25) is 0 Å². The number of nitrogens with one attached hydrogen (secondary N) is 1. The second-order valence-corrected chi connectivity index (χ2v) is 10.3. The SMILES string of the molecule is CC(=NNC(=O)c1ccc2n1Cc1ccccc1N(C(=O)c1ccc(C3CCCCC3)cc1)C2)N(C)C. The van der Waals surface area contributed by atoms with E-state index in [4.69, 9.17) is 0 Å². The van der Waals surface area contributed by atoms with Crippen LogP contribution in [0.4, 0.5) is 5.69 Å². The number of hydrogen-bond acceptors (Lipinski definition) is 3. The number of hydrogen-bond donors (Lipinski definition) is 1. The summed E-state index contributed by atoms with van der Waals surface area (Å²) in [7, 11) is 3.75. The lowest BCUT2D eigenvalue weighted by Gasteiger charge is -2.24. The molecule has 0 saturated heterocycles. The average Bonchev–Trinajstić information content (AvgIpc) is 3.24. The molecule has 1 aromatic heterocycles. The molecule has 2 aromatic carbocycles. The van der Waals surface area contributed by atoms with E-state index in [0.717, 1.165) is 16.9 Å². The Labute approximate surface area is 218 Å². The molecule has 7 nitrogen and oxygen atoms in total. The minimum atomic E-state index is -0.275. The van der Waals surface area contributed by atoms with Crippen LogP contribution in [-0.4, -0.2) is 41.2 Å². The van der Waals surface area contributed by atoms with Gasteiger partial charge in [-0.05, 0) is 67.1 Å². The maximum atomic E-state index is 13.8. The second-order valence-electron chi connectivity index (χ2n) is 10.3. The first-order chi connectivity index (χ1) is 17.9. The Morgan fingerprint density at radius 1 is 0.919 bits per heavy atom. The van der Waals surface area contributed by atoms with E-state index in [1.165, 1.54) is 37.7 Å². The van der Waals surface area contributed by atoms with Gasteiger partial charge in [0, 0.05) is 31.0 Å². The number of carbonyl (C=O) groups is 2. The number of anilines is 1. The molecule has 1 aliphatic heterocycles. The third-order valence-electron chi connectivity index (χ3n) is 7.68. The van der Waals surface area contributed by atoms with Crippen molar-refractivity contribution in [2.24, 2.45) is 5.10 Å². The van der Waals surface area contributed by atoms with Crippen LogP contribution in [0.1, 0.15) is 82.6 Å². The number of carbonyl (C=O) groups excluding carboxylic acids is 2. The van der Waals surface area contributed by atoms with Crippen molar-refractivity contribution in [3.05, 3.63) is 88.7 Å². The highest BCUT2D eigenvalue weighted by atomic mass is 16.2. The van der Waals surface area contributed by atoms with Crippen LogP contribution >= 0.6 is 0 Å². The number of nitrogens with zero attached hydrogens (tertiary/aromatic N) is 4. The highest BCUT2D eigenvalue weighted by Gasteiger charge is 2.27. The van der Waals surface area contributed by atoms with E-state index in [1.807, 2.05) is 77.9 Å². The van der Waals surface area contributed by atoms with Gasteiger partial charge in [-0.3, -0.25) is 9.59 Å². The molecule has 1 N–H and O–H groups in total. The van der Waals surface area contributed by atoms with Gasteiger partial charge in [0.05, 0.1) is 13.1 Å². The zero-order valence-electron chi connectivity index (χ0n) is 21.9. The molecule has 0 unspecified atom stereocenters. The Bertz CT molecular complexity index is 1320. The molecule has 0 atom stereocenters. The summed E-state index contributed by atoms with van der Waals surface area (Å²) < 4.78 is 1.98. The third-order valence-corrected chi connectivity index (χ3v) is 7.68. The first-order valence-corrected chi connectivity index (χ1v) is 13.1.